The van der Waals surface area contributed by atoms with Crippen LogP contribution < -0.4 is 5.32 Å². The number of ketones is 1. The Morgan fingerprint density at radius 2 is 1.70 bits per heavy atom. The van der Waals surface area contributed by atoms with Crippen molar-refractivity contribution in [3.8, 4) is 0 Å². The predicted molar refractivity (Wildman–Crippen MR) is 127 cm³/mol. The summed E-state index contributed by atoms with van der Waals surface area (Å²) in [6.45, 7) is 5.92. The van der Waals surface area contributed by atoms with E-state index in [9.17, 15) is 14.4 Å². The minimum absolute atomic E-state index is 0.262. The number of nitrogens with zero attached hydrogens (tertiary/aromatic N) is 2. The zero-order valence-corrected chi connectivity index (χ0v) is 19.6. The number of hydrogen-bond acceptors (Lipinski definition) is 3. The lowest BCUT2D eigenvalue weighted by atomic mass is 9.92. The molecule has 1 fully saturated rings. The van der Waals surface area contributed by atoms with E-state index in [-0.39, 0.29) is 12.3 Å². The van der Waals surface area contributed by atoms with Crippen molar-refractivity contribution in [2.75, 3.05) is 6.54 Å². The molecule has 3 amide bonds. The molecule has 3 aromatic rings. The lowest BCUT2D eigenvalue weighted by molar-refractivity contribution is -0.130. The van der Waals surface area contributed by atoms with E-state index in [4.69, 9.17) is 11.6 Å². The number of benzene rings is 2. The number of amides is 3. The molecule has 0 saturated carbocycles. The second-order valence-corrected chi connectivity index (χ2v) is 8.98. The highest BCUT2D eigenvalue weighted by molar-refractivity contribution is 6.30. The fourth-order valence-electron chi connectivity index (χ4n) is 4.36. The summed E-state index contributed by atoms with van der Waals surface area (Å²) in [7, 11) is 0. The Morgan fingerprint density at radius 3 is 2.36 bits per heavy atom. The number of aryl methyl sites for hydroxylation is 2. The van der Waals surface area contributed by atoms with E-state index in [2.05, 4.69) is 9.88 Å². The Balaban J connectivity index is 1.49. The number of hydrogen-bond donors (Lipinski definition) is 1. The van der Waals surface area contributed by atoms with Crippen molar-refractivity contribution in [3.63, 3.8) is 0 Å². The zero-order valence-electron chi connectivity index (χ0n) is 18.9. The second-order valence-electron chi connectivity index (χ2n) is 8.55. The Labute approximate surface area is 198 Å². The van der Waals surface area contributed by atoms with Gasteiger partial charge in [-0.2, -0.15) is 0 Å². The van der Waals surface area contributed by atoms with Gasteiger partial charge in [-0.25, -0.2) is 4.79 Å². The summed E-state index contributed by atoms with van der Waals surface area (Å²) < 4.78 is 2.09. The Hall–Kier alpha value is -3.38. The first-order valence-corrected chi connectivity index (χ1v) is 11.2. The molecule has 1 aliphatic rings. The van der Waals surface area contributed by atoms with Gasteiger partial charge >= 0.3 is 6.03 Å². The highest BCUT2D eigenvalue weighted by Crippen LogP contribution is 2.29. The van der Waals surface area contributed by atoms with Gasteiger partial charge in [-0.3, -0.25) is 14.5 Å². The van der Waals surface area contributed by atoms with E-state index in [0.29, 0.717) is 22.7 Å². The van der Waals surface area contributed by atoms with Gasteiger partial charge in [0.2, 0.25) is 0 Å². The number of aromatic nitrogens is 1. The van der Waals surface area contributed by atoms with Gasteiger partial charge in [0.1, 0.15) is 5.54 Å². The first-order valence-electron chi connectivity index (χ1n) is 10.8. The quantitative estimate of drug-likeness (QED) is 0.409. The average Bonchev–Trinajstić information content (AvgIpc) is 3.21. The summed E-state index contributed by atoms with van der Waals surface area (Å²) >= 11 is 5.96. The van der Waals surface area contributed by atoms with Gasteiger partial charge in [-0.05, 0) is 56.5 Å². The molecule has 0 radical (unpaired) electrons. The first-order chi connectivity index (χ1) is 15.7. The Bertz CT molecular complexity index is 1220. The van der Waals surface area contributed by atoms with Crippen molar-refractivity contribution in [3.05, 3.63) is 93.8 Å². The number of Topliss-reactive ketones (excluding diaryl/α,β-unsaturated/α-hetero) is 1. The molecule has 0 bridgehead atoms. The molecule has 0 spiro atoms. The molecular weight excluding hydrogens is 438 g/mol. The number of halogens is 1. The number of nitrogens with one attached hydrogen (secondary N) is 1. The standard InChI is InChI=1S/C26H26ClN3O3/c1-17-15-22(18(2)29(17)14-13-19-9-11-21(27)12-10-19)23(31)16-30-24(32)26(3,28-25(30)33)20-7-5-4-6-8-20/h4-12,15H,13-14,16H2,1-3H3,(H,28,33). The third-order valence-electron chi connectivity index (χ3n) is 6.34. The van der Waals surface area contributed by atoms with Crippen LogP contribution in [-0.4, -0.2) is 33.7 Å². The number of imide groups is 1. The van der Waals surface area contributed by atoms with Crippen molar-refractivity contribution in [2.45, 2.75) is 39.3 Å². The molecule has 1 unspecified atom stereocenters. The number of carbonyl (C=O) groups is 3. The fourth-order valence-corrected chi connectivity index (χ4v) is 4.48. The van der Waals surface area contributed by atoms with Crippen LogP contribution in [0.4, 0.5) is 4.79 Å². The van der Waals surface area contributed by atoms with E-state index < -0.39 is 17.5 Å². The molecule has 1 atom stereocenters. The number of rotatable bonds is 7. The smallest absolute Gasteiger partial charge is 0.325 e. The van der Waals surface area contributed by atoms with E-state index in [1.165, 1.54) is 0 Å². The zero-order chi connectivity index (χ0) is 23.8. The third kappa shape index (κ3) is 4.31. The number of urea groups is 1. The maximum Gasteiger partial charge on any atom is 0.325 e. The monoisotopic (exact) mass is 463 g/mol. The van der Waals surface area contributed by atoms with E-state index in [0.717, 1.165) is 28.3 Å². The first kappa shape index (κ1) is 22.8. The maximum atomic E-state index is 13.1. The lowest BCUT2D eigenvalue weighted by Crippen LogP contribution is -2.41. The minimum atomic E-state index is -1.19. The van der Waals surface area contributed by atoms with Gasteiger partial charge in [-0.15, -0.1) is 0 Å². The van der Waals surface area contributed by atoms with Crippen LogP contribution in [0.15, 0.2) is 60.7 Å². The largest absolute Gasteiger partial charge is 0.348 e. The van der Waals surface area contributed by atoms with Crippen LogP contribution in [0.1, 0.15) is 39.8 Å². The molecule has 1 aliphatic heterocycles. The average molecular weight is 464 g/mol. The topological polar surface area (TPSA) is 71.4 Å². The number of carbonyl (C=O) groups excluding carboxylic acids is 3. The summed E-state index contributed by atoms with van der Waals surface area (Å²) in [5.41, 5.74) is 2.95. The van der Waals surface area contributed by atoms with E-state index in [1.807, 2.05) is 62.4 Å². The maximum absolute atomic E-state index is 13.1. The molecule has 33 heavy (non-hydrogen) atoms. The predicted octanol–water partition coefficient (Wildman–Crippen LogP) is 4.65. The molecule has 2 heterocycles. The van der Waals surface area contributed by atoms with Crippen molar-refractivity contribution < 1.29 is 14.4 Å². The van der Waals surface area contributed by atoms with Gasteiger partial charge in [0.05, 0.1) is 6.54 Å². The molecule has 0 aliphatic carbocycles. The van der Waals surface area contributed by atoms with Crippen LogP contribution in [-0.2, 0) is 23.3 Å². The van der Waals surface area contributed by atoms with Crippen LogP contribution in [0.2, 0.25) is 5.02 Å². The van der Waals surface area contributed by atoms with Gasteiger partial charge in [0.25, 0.3) is 5.91 Å². The molecule has 1 saturated heterocycles. The van der Waals surface area contributed by atoms with Gasteiger partial charge < -0.3 is 9.88 Å². The highest BCUT2D eigenvalue weighted by atomic mass is 35.5. The summed E-state index contributed by atoms with van der Waals surface area (Å²) in [5, 5.41) is 3.45. The van der Waals surface area contributed by atoms with E-state index >= 15 is 0 Å². The van der Waals surface area contributed by atoms with Crippen LogP contribution in [0.3, 0.4) is 0 Å². The normalized spacial score (nSPS) is 18.0. The Morgan fingerprint density at radius 1 is 1.03 bits per heavy atom. The fraction of sp³-hybridized carbons (Fsp3) is 0.269. The summed E-state index contributed by atoms with van der Waals surface area (Å²) in [4.78, 5) is 39.9. The molecule has 4 rings (SSSR count). The summed E-state index contributed by atoms with van der Waals surface area (Å²) in [6, 6.07) is 18.0. The molecule has 1 N–H and O–H groups in total. The van der Waals surface area contributed by atoms with Crippen LogP contribution in [0.5, 0.6) is 0 Å². The lowest BCUT2D eigenvalue weighted by Gasteiger charge is -2.22. The van der Waals surface area contributed by atoms with Gasteiger partial charge in [0, 0.05) is 28.5 Å². The second kappa shape index (κ2) is 8.87. The molecule has 170 valence electrons. The molecule has 2 aromatic carbocycles. The third-order valence-corrected chi connectivity index (χ3v) is 6.59. The summed E-state index contributed by atoms with van der Waals surface area (Å²) in [5.74, 6) is -0.690. The van der Waals surface area contributed by atoms with Crippen molar-refractivity contribution in [1.29, 1.82) is 0 Å². The van der Waals surface area contributed by atoms with Gasteiger partial charge in [-0.1, -0.05) is 54.1 Å². The molecule has 7 heteroatoms. The van der Waals surface area contributed by atoms with Crippen LogP contribution in [0, 0.1) is 13.8 Å². The highest BCUT2D eigenvalue weighted by Gasteiger charge is 2.49. The summed E-state index contributed by atoms with van der Waals surface area (Å²) in [6.07, 6.45) is 0.795. The van der Waals surface area contributed by atoms with Crippen LogP contribution >= 0.6 is 11.6 Å². The van der Waals surface area contributed by atoms with Gasteiger partial charge in [0.15, 0.2) is 5.78 Å². The van der Waals surface area contributed by atoms with Crippen molar-refractivity contribution >= 4 is 29.3 Å². The molecule has 6 nitrogen and oxygen atoms in total. The van der Waals surface area contributed by atoms with E-state index in [1.54, 1.807) is 19.1 Å². The molecule has 1 aromatic heterocycles. The molecular formula is C26H26ClN3O3. The van der Waals surface area contributed by atoms with Crippen LogP contribution in [0.25, 0.3) is 0 Å². The minimum Gasteiger partial charge on any atom is -0.348 e. The van der Waals surface area contributed by atoms with Crippen molar-refractivity contribution in [2.24, 2.45) is 0 Å². The van der Waals surface area contributed by atoms with Crippen molar-refractivity contribution in [1.82, 2.24) is 14.8 Å². The SMILES string of the molecule is Cc1cc(C(=O)CN2C(=O)NC(C)(c3ccccc3)C2=O)c(C)n1CCc1ccc(Cl)cc1. The Kier molecular flexibility index (Phi) is 6.13.